The predicted octanol–water partition coefficient (Wildman–Crippen LogP) is 4.34. The predicted molar refractivity (Wildman–Crippen MR) is 138 cm³/mol. The Morgan fingerprint density at radius 3 is 2.54 bits per heavy atom. The molecule has 39 heavy (non-hydrogen) atoms. The molecule has 1 aliphatic rings. The van der Waals surface area contributed by atoms with Crippen LogP contribution in [0.15, 0.2) is 61.2 Å². The van der Waals surface area contributed by atoms with Crippen LogP contribution in [0.4, 0.5) is 36.4 Å². The molecule has 0 aliphatic carbocycles. The third kappa shape index (κ3) is 6.14. The average Bonchev–Trinajstić information content (AvgIpc) is 3.45. The number of alkyl halides is 3. The number of aliphatic hydroxyl groups excluding tert-OH is 1. The molecule has 0 bridgehead atoms. The normalized spacial score (nSPS) is 14.3. The Labute approximate surface area is 221 Å². The molecule has 1 aliphatic heterocycles. The summed E-state index contributed by atoms with van der Waals surface area (Å²) in [4.78, 5) is 32.5. The van der Waals surface area contributed by atoms with E-state index in [0.717, 1.165) is 17.7 Å². The first-order valence-electron chi connectivity index (χ1n) is 12.2. The maximum atomic E-state index is 13.1. The van der Waals surface area contributed by atoms with Crippen molar-refractivity contribution in [2.75, 3.05) is 28.6 Å². The topological polar surface area (TPSA) is 121 Å². The first-order valence-corrected chi connectivity index (χ1v) is 12.2. The highest BCUT2D eigenvalue weighted by Crippen LogP contribution is 2.31. The maximum absolute atomic E-state index is 13.1. The second-order valence-corrected chi connectivity index (χ2v) is 9.13. The van der Waals surface area contributed by atoms with Crippen LogP contribution in [0.25, 0.3) is 5.95 Å². The molecular weight excluding hydrogens is 513 g/mol. The van der Waals surface area contributed by atoms with Crippen LogP contribution < -0.4 is 15.5 Å². The molecule has 3 N–H and O–H groups in total. The summed E-state index contributed by atoms with van der Waals surface area (Å²) in [6.45, 7) is 3.00. The van der Waals surface area contributed by atoms with E-state index in [0.29, 0.717) is 43.5 Å². The van der Waals surface area contributed by atoms with Crippen molar-refractivity contribution in [3.63, 3.8) is 0 Å². The first-order chi connectivity index (χ1) is 18.7. The van der Waals surface area contributed by atoms with Crippen LogP contribution in [0.2, 0.25) is 0 Å². The number of hydrogen-bond acceptors (Lipinski definition) is 8. The zero-order chi connectivity index (χ0) is 27.6. The highest BCUT2D eigenvalue weighted by molar-refractivity contribution is 6.05. The van der Waals surface area contributed by atoms with Crippen LogP contribution in [0.1, 0.15) is 34.3 Å². The van der Waals surface area contributed by atoms with E-state index in [-0.39, 0.29) is 23.3 Å². The van der Waals surface area contributed by atoms with Gasteiger partial charge in [0.1, 0.15) is 6.33 Å². The van der Waals surface area contributed by atoms with Gasteiger partial charge in [0.05, 0.1) is 11.7 Å². The van der Waals surface area contributed by atoms with Crippen molar-refractivity contribution in [1.29, 1.82) is 0 Å². The van der Waals surface area contributed by atoms with Gasteiger partial charge in [0, 0.05) is 42.4 Å². The van der Waals surface area contributed by atoms with E-state index in [1.807, 2.05) is 11.8 Å². The van der Waals surface area contributed by atoms with E-state index in [9.17, 15) is 23.1 Å². The Balaban J connectivity index is 1.41. The molecule has 2 aromatic heterocycles. The summed E-state index contributed by atoms with van der Waals surface area (Å²) < 4.78 is 40.8. The van der Waals surface area contributed by atoms with Crippen LogP contribution in [0, 0.1) is 6.92 Å². The Kier molecular flexibility index (Phi) is 7.15. The van der Waals surface area contributed by atoms with Gasteiger partial charge in [-0.05, 0) is 55.7 Å². The lowest BCUT2D eigenvalue weighted by atomic mass is 10.1. The van der Waals surface area contributed by atoms with Gasteiger partial charge in [-0.2, -0.15) is 28.1 Å². The molecule has 0 spiro atoms. The lowest BCUT2D eigenvalue weighted by Crippen LogP contribution is -2.37. The number of benzene rings is 2. The van der Waals surface area contributed by atoms with Gasteiger partial charge in [0.15, 0.2) is 0 Å². The van der Waals surface area contributed by atoms with Crippen LogP contribution in [0.3, 0.4) is 0 Å². The first kappa shape index (κ1) is 26.1. The Morgan fingerprint density at radius 2 is 1.82 bits per heavy atom. The monoisotopic (exact) mass is 538 g/mol. The summed E-state index contributed by atoms with van der Waals surface area (Å²) in [7, 11) is 0. The average molecular weight is 539 g/mol. The fourth-order valence-electron chi connectivity index (χ4n) is 4.10. The van der Waals surface area contributed by atoms with Crippen molar-refractivity contribution in [3.05, 3.63) is 77.9 Å². The molecule has 1 saturated heterocycles. The number of hydrogen-bond donors (Lipinski definition) is 3. The molecule has 202 valence electrons. The lowest BCUT2D eigenvalue weighted by Gasteiger charge is -2.29. The van der Waals surface area contributed by atoms with Crippen LogP contribution in [-0.2, 0) is 6.18 Å². The molecule has 2 aromatic carbocycles. The number of imidazole rings is 1. The van der Waals surface area contributed by atoms with E-state index >= 15 is 0 Å². The van der Waals surface area contributed by atoms with Gasteiger partial charge >= 0.3 is 6.18 Å². The Morgan fingerprint density at radius 1 is 1.05 bits per heavy atom. The number of anilines is 4. The van der Waals surface area contributed by atoms with Crippen LogP contribution in [0.5, 0.6) is 0 Å². The van der Waals surface area contributed by atoms with E-state index in [1.165, 1.54) is 12.1 Å². The molecule has 0 saturated carbocycles. The maximum Gasteiger partial charge on any atom is 0.416 e. The SMILES string of the molecule is Cc1ccc(C(=O)Nc2cccc(C(F)(F)F)c2)cc1Nc1nc(N2CCC(O)CC2)nc(-n2ccnc2)n1. The summed E-state index contributed by atoms with van der Waals surface area (Å²) >= 11 is 0. The molecule has 1 amide bonds. The van der Waals surface area contributed by atoms with E-state index in [1.54, 1.807) is 41.5 Å². The van der Waals surface area contributed by atoms with Gasteiger partial charge in [-0.15, -0.1) is 0 Å². The van der Waals surface area contributed by atoms with Crippen LogP contribution in [-0.4, -0.2) is 54.7 Å². The highest BCUT2D eigenvalue weighted by Gasteiger charge is 2.30. The van der Waals surface area contributed by atoms with E-state index in [4.69, 9.17) is 0 Å². The molecule has 0 atom stereocenters. The van der Waals surface area contributed by atoms with Crippen molar-refractivity contribution in [1.82, 2.24) is 24.5 Å². The van der Waals surface area contributed by atoms with Crippen molar-refractivity contribution < 1.29 is 23.1 Å². The molecule has 0 unspecified atom stereocenters. The number of aryl methyl sites for hydroxylation is 1. The third-order valence-corrected chi connectivity index (χ3v) is 6.29. The second-order valence-electron chi connectivity index (χ2n) is 9.13. The Hall–Kier alpha value is -4.52. The highest BCUT2D eigenvalue weighted by atomic mass is 19.4. The molecule has 13 heteroatoms. The number of carbonyl (C=O) groups excluding carboxylic acids is 1. The molecule has 5 rings (SSSR count). The minimum absolute atomic E-state index is 0.0311. The lowest BCUT2D eigenvalue weighted by molar-refractivity contribution is -0.137. The standard InChI is InChI=1S/C26H25F3N8O2/c1-16-5-6-17(22(39)31-19-4-2-3-18(14-19)26(27,28)29)13-21(16)32-23-33-24(36-10-7-20(38)8-11-36)35-25(34-23)37-12-9-30-15-37/h2-6,9,12-15,20,38H,7-8,10-11H2,1H3,(H,31,39)(H,32,33,34,35). The number of piperidine rings is 1. The Bertz CT molecular complexity index is 1470. The fraction of sp³-hybridized carbons (Fsp3) is 0.269. The van der Waals surface area contributed by atoms with Crippen LogP contribution >= 0.6 is 0 Å². The summed E-state index contributed by atoms with van der Waals surface area (Å²) in [5, 5.41) is 15.6. The number of amides is 1. The van der Waals surface area contributed by atoms with E-state index in [2.05, 4.69) is 30.6 Å². The number of aliphatic hydroxyl groups is 1. The minimum Gasteiger partial charge on any atom is -0.393 e. The van der Waals surface area contributed by atoms with Crippen molar-refractivity contribution in [2.24, 2.45) is 0 Å². The second kappa shape index (κ2) is 10.7. The molecule has 0 radical (unpaired) electrons. The van der Waals surface area contributed by atoms with Crippen molar-refractivity contribution in [3.8, 4) is 5.95 Å². The van der Waals surface area contributed by atoms with Crippen molar-refractivity contribution in [2.45, 2.75) is 32.0 Å². The number of nitrogens with one attached hydrogen (secondary N) is 2. The smallest absolute Gasteiger partial charge is 0.393 e. The number of halogens is 3. The fourth-order valence-corrected chi connectivity index (χ4v) is 4.10. The zero-order valence-corrected chi connectivity index (χ0v) is 20.9. The molecule has 1 fully saturated rings. The molecule has 4 aromatic rings. The van der Waals surface area contributed by atoms with Crippen molar-refractivity contribution >= 4 is 29.2 Å². The van der Waals surface area contributed by atoms with Gasteiger partial charge in [-0.1, -0.05) is 12.1 Å². The number of aromatic nitrogens is 5. The van der Waals surface area contributed by atoms with Gasteiger partial charge in [0.2, 0.25) is 17.8 Å². The van der Waals surface area contributed by atoms with Gasteiger partial charge in [0.25, 0.3) is 5.91 Å². The molecule has 10 nitrogen and oxygen atoms in total. The number of rotatable bonds is 6. The minimum atomic E-state index is -4.52. The van der Waals surface area contributed by atoms with Gasteiger partial charge in [-0.3, -0.25) is 9.36 Å². The third-order valence-electron chi connectivity index (χ3n) is 6.29. The largest absolute Gasteiger partial charge is 0.416 e. The molecule has 3 heterocycles. The summed E-state index contributed by atoms with van der Waals surface area (Å²) in [5.41, 5.74) is 0.736. The zero-order valence-electron chi connectivity index (χ0n) is 20.9. The molecular formula is C26H25F3N8O2. The summed E-state index contributed by atoms with van der Waals surface area (Å²) in [6, 6.07) is 9.33. The summed E-state index contributed by atoms with van der Waals surface area (Å²) in [5.74, 6) is 0.425. The summed E-state index contributed by atoms with van der Waals surface area (Å²) in [6.07, 6.45) is 1.17. The van der Waals surface area contributed by atoms with Gasteiger partial charge < -0.3 is 20.6 Å². The van der Waals surface area contributed by atoms with E-state index < -0.39 is 17.6 Å². The number of nitrogens with zero attached hydrogens (tertiary/aromatic N) is 6. The quantitative estimate of drug-likeness (QED) is 0.332. The number of carbonyl (C=O) groups is 1. The van der Waals surface area contributed by atoms with Gasteiger partial charge in [-0.25, -0.2) is 4.98 Å².